The first-order chi connectivity index (χ1) is 7.38. The fraction of sp³-hybridized carbons (Fsp3) is 0.0909. The van der Waals surface area contributed by atoms with Gasteiger partial charge in [0.2, 0.25) is 5.88 Å². The Morgan fingerprint density at radius 2 is 1.93 bits per heavy atom. The highest BCUT2D eigenvalue weighted by molar-refractivity contribution is 7.98. The van der Waals surface area contributed by atoms with Gasteiger partial charge in [0.1, 0.15) is 5.75 Å². The summed E-state index contributed by atoms with van der Waals surface area (Å²) in [6, 6.07) is 11.3. The standard InChI is InChI=1S/C11H10N2OS/c1-15-11-12-8-7-10(13-11)14-9-5-3-2-4-6-9/h2-8H,1H3. The molecule has 0 bridgehead atoms. The summed E-state index contributed by atoms with van der Waals surface area (Å²) in [5, 5.41) is 0.712. The molecule has 0 aliphatic carbocycles. The molecule has 2 rings (SSSR count). The molecular weight excluding hydrogens is 208 g/mol. The average Bonchev–Trinajstić information content (AvgIpc) is 2.31. The second kappa shape index (κ2) is 4.79. The Morgan fingerprint density at radius 1 is 1.13 bits per heavy atom. The van der Waals surface area contributed by atoms with E-state index in [4.69, 9.17) is 4.74 Å². The molecule has 0 N–H and O–H groups in total. The lowest BCUT2D eigenvalue weighted by atomic mass is 10.3. The van der Waals surface area contributed by atoms with Crippen molar-refractivity contribution in [3.05, 3.63) is 42.6 Å². The zero-order valence-corrected chi connectivity index (χ0v) is 9.07. The number of rotatable bonds is 3. The van der Waals surface area contributed by atoms with Gasteiger partial charge >= 0.3 is 0 Å². The molecule has 1 aromatic carbocycles. The maximum Gasteiger partial charge on any atom is 0.223 e. The maximum absolute atomic E-state index is 5.56. The zero-order chi connectivity index (χ0) is 10.5. The van der Waals surface area contributed by atoms with E-state index >= 15 is 0 Å². The van der Waals surface area contributed by atoms with Gasteiger partial charge in [-0.2, -0.15) is 4.98 Å². The molecule has 0 saturated carbocycles. The van der Waals surface area contributed by atoms with Gasteiger partial charge in [-0.25, -0.2) is 4.98 Å². The fourth-order valence-corrected chi connectivity index (χ4v) is 1.44. The third kappa shape index (κ3) is 2.70. The van der Waals surface area contributed by atoms with Gasteiger partial charge in [0, 0.05) is 12.3 Å². The van der Waals surface area contributed by atoms with Crippen molar-refractivity contribution in [1.29, 1.82) is 0 Å². The van der Waals surface area contributed by atoms with Crippen LogP contribution in [0.3, 0.4) is 0 Å². The smallest absolute Gasteiger partial charge is 0.223 e. The summed E-state index contributed by atoms with van der Waals surface area (Å²) in [5.74, 6) is 1.35. The minimum absolute atomic E-state index is 0.570. The molecule has 0 amide bonds. The summed E-state index contributed by atoms with van der Waals surface area (Å²) in [5.41, 5.74) is 0. The van der Waals surface area contributed by atoms with E-state index in [-0.39, 0.29) is 0 Å². The van der Waals surface area contributed by atoms with Crippen molar-refractivity contribution < 1.29 is 4.74 Å². The van der Waals surface area contributed by atoms with E-state index in [1.54, 1.807) is 12.3 Å². The lowest BCUT2D eigenvalue weighted by Gasteiger charge is -2.04. The van der Waals surface area contributed by atoms with Gasteiger partial charge < -0.3 is 4.74 Å². The van der Waals surface area contributed by atoms with Gasteiger partial charge in [0.05, 0.1) is 0 Å². The fourth-order valence-electron chi connectivity index (χ4n) is 1.09. The van der Waals surface area contributed by atoms with Crippen LogP contribution in [0.25, 0.3) is 0 Å². The first kappa shape index (κ1) is 9.98. The van der Waals surface area contributed by atoms with Crippen LogP contribution in [0.2, 0.25) is 0 Å². The van der Waals surface area contributed by atoms with E-state index in [0.29, 0.717) is 11.0 Å². The molecular formula is C11H10N2OS. The van der Waals surface area contributed by atoms with Crippen molar-refractivity contribution in [2.24, 2.45) is 0 Å². The highest BCUT2D eigenvalue weighted by Crippen LogP contribution is 2.19. The predicted molar refractivity (Wildman–Crippen MR) is 60.3 cm³/mol. The van der Waals surface area contributed by atoms with Crippen LogP contribution in [0.15, 0.2) is 47.8 Å². The van der Waals surface area contributed by atoms with Crippen molar-refractivity contribution >= 4 is 11.8 Å². The summed E-state index contributed by atoms with van der Waals surface area (Å²) >= 11 is 1.49. The number of hydrogen-bond acceptors (Lipinski definition) is 4. The van der Waals surface area contributed by atoms with Gasteiger partial charge in [0.25, 0.3) is 0 Å². The summed E-state index contributed by atoms with van der Waals surface area (Å²) in [7, 11) is 0. The molecule has 0 saturated heterocycles. The van der Waals surface area contributed by atoms with Crippen molar-refractivity contribution in [3.63, 3.8) is 0 Å². The normalized spacial score (nSPS) is 9.93. The Morgan fingerprint density at radius 3 is 2.67 bits per heavy atom. The highest BCUT2D eigenvalue weighted by Gasteiger charge is 1.99. The average molecular weight is 218 g/mol. The van der Waals surface area contributed by atoms with Crippen molar-refractivity contribution in [2.75, 3.05) is 6.26 Å². The maximum atomic E-state index is 5.56. The number of thioether (sulfide) groups is 1. The number of benzene rings is 1. The van der Waals surface area contributed by atoms with Crippen LogP contribution < -0.4 is 4.74 Å². The molecule has 0 aliphatic rings. The predicted octanol–water partition coefficient (Wildman–Crippen LogP) is 2.99. The van der Waals surface area contributed by atoms with Crippen LogP contribution in [0.5, 0.6) is 11.6 Å². The summed E-state index contributed by atoms with van der Waals surface area (Å²) in [6.45, 7) is 0. The van der Waals surface area contributed by atoms with Crippen molar-refractivity contribution in [1.82, 2.24) is 9.97 Å². The molecule has 0 spiro atoms. The van der Waals surface area contributed by atoms with Crippen molar-refractivity contribution in [3.8, 4) is 11.6 Å². The zero-order valence-electron chi connectivity index (χ0n) is 8.25. The molecule has 76 valence electrons. The van der Waals surface area contributed by atoms with E-state index in [1.165, 1.54) is 11.8 Å². The molecule has 0 radical (unpaired) electrons. The molecule has 4 heteroatoms. The van der Waals surface area contributed by atoms with Gasteiger partial charge in [-0.15, -0.1) is 0 Å². The third-order valence-electron chi connectivity index (χ3n) is 1.76. The molecule has 3 nitrogen and oxygen atoms in total. The summed E-state index contributed by atoms with van der Waals surface area (Å²) in [6.07, 6.45) is 3.62. The van der Waals surface area contributed by atoms with Crippen LogP contribution in [-0.4, -0.2) is 16.2 Å². The van der Waals surface area contributed by atoms with Gasteiger partial charge in [0.15, 0.2) is 5.16 Å². The summed E-state index contributed by atoms with van der Waals surface area (Å²) < 4.78 is 5.56. The van der Waals surface area contributed by atoms with E-state index in [1.807, 2.05) is 36.6 Å². The molecule has 1 heterocycles. The number of ether oxygens (including phenoxy) is 1. The largest absolute Gasteiger partial charge is 0.439 e. The van der Waals surface area contributed by atoms with Crippen LogP contribution in [0, 0.1) is 0 Å². The van der Waals surface area contributed by atoms with Gasteiger partial charge in [-0.1, -0.05) is 30.0 Å². The van der Waals surface area contributed by atoms with Gasteiger partial charge in [-0.05, 0) is 18.4 Å². The molecule has 15 heavy (non-hydrogen) atoms. The Kier molecular flexibility index (Phi) is 3.19. The Labute approximate surface area is 92.5 Å². The number of nitrogens with zero attached hydrogens (tertiary/aromatic N) is 2. The lowest BCUT2D eigenvalue weighted by Crippen LogP contribution is -1.90. The van der Waals surface area contributed by atoms with E-state index in [0.717, 1.165) is 5.75 Å². The van der Waals surface area contributed by atoms with Crippen LogP contribution in [0.4, 0.5) is 0 Å². The molecule has 2 aromatic rings. The Hall–Kier alpha value is -1.55. The third-order valence-corrected chi connectivity index (χ3v) is 2.32. The Balaban J connectivity index is 2.17. The minimum Gasteiger partial charge on any atom is -0.439 e. The van der Waals surface area contributed by atoms with Gasteiger partial charge in [-0.3, -0.25) is 0 Å². The van der Waals surface area contributed by atoms with E-state index < -0.39 is 0 Å². The second-order valence-corrected chi connectivity index (χ2v) is 3.57. The second-order valence-electron chi connectivity index (χ2n) is 2.80. The number of aromatic nitrogens is 2. The lowest BCUT2D eigenvalue weighted by molar-refractivity contribution is 0.455. The van der Waals surface area contributed by atoms with E-state index in [9.17, 15) is 0 Å². The highest BCUT2D eigenvalue weighted by atomic mass is 32.2. The van der Waals surface area contributed by atoms with Crippen LogP contribution >= 0.6 is 11.8 Å². The topological polar surface area (TPSA) is 35.0 Å². The SMILES string of the molecule is CSc1nccc(Oc2ccccc2)n1. The van der Waals surface area contributed by atoms with E-state index in [2.05, 4.69) is 9.97 Å². The number of hydrogen-bond donors (Lipinski definition) is 0. The van der Waals surface area contributed by atoms with Crippen molar-refractivity contribution in [2.45, 2.75) is 5.16 Å². The Bertz CT molecular complexity index is 434. The number of para-hydroxylation sites is 1. The molecule has 0 atom stereocenters. The molecule has 0 fully saturated rings. The monoisotopic (exact) mass is 218 g/mol. The molecule has 1 aromatic heterocycles. The minimum atomic E-state index is 0.570. The molecule has 0 aliphatic heterocycles. The quantitative estimate of drug-likeness (QED) is 0.586. The van der Waals surface area contributed by atoms with Crippen LogP contribution in [0.1, 0.15) is 0 Å². The van der Waals surface area contributed by atoms with Crippen LogP contribution in [-0.2, 0) is 0 Å². The first-order valence-electron chi connectivity index (χ1n) is 4.48. The molecule has 0 unspecified atom stereocenters. The first-order valence-corrected chi connectivity index (χ1v) is 5.71. The summed E-state index contributed by atoms with van der Waals surface area (Å²) in [4.78, 5) is 8.29.